The molecule has 5 nitrogen and oxygen atoms in total. The lowest BCUT2D eigenvalue weighted by atomic mass is 9.74. The van der Waals surface area contributed by atoms with Crippen molar-refractivity contribution >= 4 is 11.9 Å². The number of nitrogens with one attached hydrogen (secondary N) is 1. The number of hydrogen-bond acceptors (Lipinski definition) is 3. The maximum Gasteiger partial charge on any atom is 0.325 e. The molecule has 5 heteroatoms. The third-order valence-electron chi connectivity index (χ3n) is 4.90. The van der Waals surface area contributed by atoms with Crippen molar-refractivity contribution in [1.82, 2.24) is 10.2 Å². The van der Waals surface area contributed by atoms with Crippen LogP contribution in [-0.4, -0.2) is 39.6 Å². The summed E-state index contributed by atoms with van der Waals surface area (Å²) in [6.07, 6.45) is 3.07. The van der Waals surface area contributed by atoms with Gasteiger partial charge in [-0.3, -0.25) is 9.69 Å². The number of urea groups is 1. The van der Waals surface area contributed by atoms with E-state index in [0.29, 0.717) is 18.8 Å². The van der Waals surface area contributed by atoms with Gasteiger partial charge in [0, 0.05) is 0 Å². The van der Waals surface area contributed by atoms with Crippen molar-refractivity contribution in [2.24, 2.45) is 0 Å². The Labute approximate surface area is 136 Å². The number of nitrogens with zero attached hydrogens (tertiary/aromatic N) is 1. The largest absolute Gasteiger partial charge is 0.389 e. The molecule has 3 rings (SSSR count). The second kappa shape index (κ2) is 5.64. The number of carbonyl (C=O) groups excluding carboxylic acids is 2. The Hall–Kier alpha value is -1.88. The zero-order chi connectivity index (χ0) is 16.7. The number of amides is 3. The molecule has 1 aliphatic heterocycles. The van der Waals surface area contributed by atoms with Gasteiger partial charge in [-0.1, -0.05) is 30.3 Å². The second-order valence-corrected chi connectivity index (χ2v) is 7.40. The van der Waals surface area contributed by atoms with Gasteiger partial charge in [0.15, 0.2) is 0 Å². The van der Waals surface area contributed by atoms with E-state index in [0.717, 1.165) is 12.8 Å². The fourth-order valence-corrected chi connectivity index (χ4v) is 3.71. The Balaban J connectivity index is 1.71. The van der Waals surface area contributed by atoms with E-state index in [1.165, 1.54) is 10.5 Å². The summed E-state index contributed by atoms with van der Waals surface area (Å²) in [6, 6.07) is 9.94. The van der Waals surface area contributed by atoms with Gasteiger partial charge in [-0.05, 0) is 51.0 Å². The molecular weight excluding hydrogens is 292 g/mol. The molecule has 0 radical (unpaired) electrons. The average molecular weight is 316 g/mol. The van der Waals surface area contributed by atoms with Crippen molar-refractivity contribution in [3.05, 3.63) is 35.9 Å². The van der Waals surface area contributed by atoms with Crippen LogP contribution in [0.2, 0.25) is 0 Å². The van der Waals surface area contributed by atoms with Gasteiger partial charge in [0.2, 0.25) is 0 Å². The minimum atomic E-state index is -1.08. The highest BCUT2D eigenvalue weighted by Gasteiger charge is 2.53. The van der Waals surface area contributed by atoms with Crippen molar-refractivity contribution in [3.63, 3.8) is 0 Å². The molecule has 1 aromatic carbocycles. The maximum absolute atomic E-state index is 12.7. The predicted octanol–water partition coefficient (Wildman–Crippen LogP) is 2.41. The van der Waals surface area contributed by atoms with Crippen LogP contribution in [0.4, 0.5) is 4.79 Å². The average Bonchev–Trinajstić information content (AvgIpc) is 2.72. The smallest absolute Gasteiger partial charge is 0.325 e. The number of carbonyl (C=O) groups is 2. The molecule has 1 aromatic rings. The SMILES string of the molecule is CC(C)(O)CN1C(=O)NC2(CCC(c3ccccc3)CC2)C1=O. The quantitative estimate of drug-likeness (QED) is 0.841. The zero-order valence-corrected chi connectivity index (χ0v) is 13.7. The van der Waals surface area contributed by atoms with Crippen LogP contribution in [0.5, 0.6) is 0 Å². The summed E-state index contributed by atoms with van der Waals surface area (Å²) in [5, 5.41) is 12.8. The molecule has 0 atom stereocenters. The highest BCUT2D eigenvalue weighted by molar-refractivity contribution is 6.07. The van der Waals surface area contributed by atoms with Gasteiger partial charge in [-0.2, -0.15) is 0 Å². The van der Waals surface area contributed by atoms with E-state index in [2.05, 4.69) is 17.4 Å². The molecule has 2 fully saturated rings. The fraction of sp³-hybridized carbons (Fsp3) is 0.556. The van der Waals surface area contributed by atoms with Crippen LogP contribution in [0.3, 0.4) is 0 Å². The first-order chi connectivity index (χ1) is 10.8. The van der Waals surface area contributed by atoms with Gasteiger partial charge in [-0.15, -0.1) is 0 Å². The van der Waals surface area contributed by atoms with Gasteiger partial charge >= 0.3 is 6.03 Å². The summed E-state index contributed by atoms with van der Waals surface area (Å²) >= 11 is 0. The van der Waals surface area contributed by atoms with E-state index in [9.17, 15) is 14.7 Å². The van der Waals surface area contributed by atoms with Crippen molar-refractivity contribution in [1.29, 1.82) is 0 Å². The summed E-state index contributed by atoms with van der Waals surface area (Å²) in [7, 11) is 0. The number of rotatable bonds is 3. The number of benzene rings is 1. The highest BCUT2D eigenvalue weighted by Crippen LogP contribution is 2.41. The van der Waals surface area contributed by atoms with Crippen molar-refractivity contribution < 1.29 is 14.7 Å². The topological polar surface area (TPSA) is 69.6 Å². The first-order valence-electron chi connectivity index (χ1n) is 8.22. The number of β-amino-alcohol motifs (C(OH)–C–C–N with tert-alkyl or cyclic N) is 1. The van der Waals surface area contributed by atoms with Crippen LogP contribution in [0.25, 0.3) is 0 Å². The lowest BCUT2D eigenvalue weighted by molar-refractivity contribution is -0.134. The summed E-state index contributed by atoms with van der Waals surface area (Å²) < 4.78 is 0. The lowest BCUT2D eigenvalue weighted by Gasteiger charge is -2.35. The van der Waals surface area contributed by atoms with E-state index in [1.807, 2.05) is 18.2 Å². The molecule has 2 aliphatic rings. The number of hydrogen-bond donors (Lipinski definition) is 2. The van der Waals surface area contributed by atoms with Crippen LogP contribution in [0.15, 0.2) is 30.3 Å². The summed E-state index contributed by atoms with van der Waals surface area (Å²) in [5.41, 5.74) is -0.555. The molecule has 0 aromatic heterocycles. The maximum atomic E-state index is 12.7. The Morgan fingerprint density at radius 1 is 1.22 bits per heavy atom. The third kappa shape index (κ3) is 3.11. The third-order valence-corrected chi connectivity index (χ3v) is 4.90. The van der Waals surface area contributed by atoms with Crippen molar-refractivity contribution in [2.45, 2.75) is 56.6 Å². The Morgan fingerprint density at radius 3 is 2.39 bits per heavy atom. The van der Waals surface area contributed by atoms with Crippen LogP contribution < -0.4 is 5.32 Å². The van der Waals surface area contributed by atoms with Crippen molar-refractivity contribution in [3.8, 4) is 0 Å². The van der Waals surface area contributed by atoms with Crippen LogP contribution in [-0.2, 0) is 4.79 Å². The molecule has 2 N–H and O–H groups in total. The van der Waals surface area contributed by atoms with E-state index < -0.39 is 11.1 Å². The number of aliphatic hydroxyl groups is 1. The van der Waals surface area contributed by atoms with Crippen molar-refractivity contribution in [2.75, 3.05) is 6.54 Å². The van der Waals surface area contributed by atoms with Crippen LogP contribution >= 0.6 is 0 Å². The van der Waals surface area contributed by atoms with Crippen LogP contribution in [0, 0.1) is 0 Å². The van der Waals surface area contributed by atoms with E-state index in [-0.39, 0.29) is 18.5 Å². The van der Waals surface area contributed by atoms with E-state index >= 15 is 0 Å². The molecule has 3 amide bonds. The molecule has 23 heavy (non-hydrogen) atoms. The Morgan fingerprint density at radius 2 is 1.83 bits per heavy atom. The molecule has 124 valence electrons. The molecule has 1 saturated heterocycles. The summed E-state index contributed by atoms with van der Waals surface area (Å²) in [6.45, 7) is 3.23. The minimum absolute atomic E-state index is 0.0293. The first-order valence-corrected chi connectivity index (χ1v) is 8.22. The normalized spacial score (nSPS) is 28.3. The summed E-state index contributed by atoms with van der Waals surface area (Å²) in [4.78, 5) is 26.1. The van der Waals surface area contributed by atoms with E-state index in [1.54, 1.807) is 13.8 Å². The Bertz CT molecular complexity index is 598. The minimum Gasteiger partial charge on any atom is -0.389 e. The monoisotopic (exact) mass is 316 g/mol. The molecule has 0 unspecified atom stereocenters. The Kier molecular flexibility index (Phi) is 3.92. The predicted molar refractivity (Wildman–Crippen MR) is 86.9 cm³/mol. The number of imide groups is 1. The standard InChI is InChI=1S/C18H24N2O3/c1-17(2,23)12-20-15(21)18(19-16(20)22)10-8-14(9-11-18)13-6-4-3-5-7-13/h3-7,14,23H,8-12H2,1-2H3,(H,19,22). The molecule has 1 aliphatic carbocycles. The van der Waals surface area contributed by atoms with Gasteiger partial charge in [-0.25, -0.2) is 4.79 Å². The summed E-state index contributed by atoms with van der Waals surface area (Å²) in [5.74, 6) is 0.256. The van der Waals surface area contributed by atoms with E-state index in [4.69, 9.17) is 0 Å². The van der Waals surface area contributed by atoms with Gasteiger partial charge < -0.3 is 10.4 Å². The van der Waals surface area contributed by atoms with Gasteiger partial charge in [0.05, 0.1) is 12.1 Å². The first kappa shape index (κ1) is 16.0. The zero-order valence-electron chi connectivity index (χ0n) is 13.7. The molecule has 0 bridgehead atoms. The molecule has 1 heterocycles. The van der Waals surface area contributed by atoms with Crippen LogP contribution in [0.1, 0.15) is 51.0 Å². The molecule has 1 spiro atoms. The van der Waals surface area contributed by atoms with Gasteiger partial charge in [0.25, 0.3) is 5.91 Å². The molecule has 1 saturated carbocycles. The second-order valence-electron chi connectivity index (χ2n) is 7.40. The van der Waals surface area contributed by atoms with Gasteiger partial charge in [0.1, 0.15) is 5.54 Å². The fourth-order valence-electron chi connectivity index (χ4n) is 3.71. The lowest BCUT2D eigenvalue weighted by Crippen LogP contribution is -2.50. The highest BCUT2D eigenvalue weighted by atomic mass is 16.3. The molecular formula is C18H24N2O3.